The Morgan fingerprint density at radius 3 is 2.58 bits per heavy atom. The van der Waals surface area contributed by atoms with Crippen LogP contribution in [0.25, 0.3) is 0 Å². The molecule has 0 radical (unpaired) electrons. The molecule has 0 aromatic heterocycles. The van der Waals surface area contributed by atoms with Crippen LogP contribution in [0, 0.1) is 11.8 Å². The highest BCUT2D eigenvalue weighted by Gasteiger charge is 2.39. The number of carbonyl (C=O) groups is 4. The Hall–Kier alpha value is -3.38. The maximum Gasteiger partial charge on any atom is 0.410 e. The molecule has 2 aliphatic heterocycles. The summed E-state index contributed by atoms with van der Waals surface area (Å²) in [5.74, 6) is 5.46. The largest absolute Gasteiger partial charge is 0.444 e. The average Bonchev–Trinajstić information content (AvgIpc) is 3.18. The zero-order chi connectivity index (χ0) is 27.4. The van der Waals surface area contributed by atoms with Gasteiger partial charge in [-0.15, -0.1) is 0 Å². The van der Waals surface area contributed by atoms with E-state index in [4.69, 9.17) is 10.5 Å². The SMILES string of the molecule is CC(C)(C)OC(=O)N(CCCC#Cc1cccc2c1CN(C1CCC(=O)NC1=O)C2=O)C1CCC(N)CC1. The summed E-state index contributed by atoms with van der Waals surface area (Å²) >= 11 is 0. The van der Waals surface area contributed by atoms with Crippen molar-refractivity contribution < 1.29 is 23.9 Å². The fourth-order valence-corrected chi connectivity index (χ4v) is 5.36. The van der Waals surface area contributed by atoms with Crippen molar-refractivity contribution in [1.29, 1.82) is 0 Å². The van der Waals surface area contributed by atoms with Crippen molar-refractivity contribution in [3.63, 3.8) is 0 Å². The van der Waals surface area contributed by atoms with Crippen LogP contribution in [0.5, 0.6) is 0 Å². The molecule has 2 heterocycles. The number of fused-ring (bicyclic) bond motifs is 1. The molecule has 204 valence electrons. The maximum absolute atomic E-state index is 13.0. The van der Waals surface area contributed by atoms with Gasteiger partial charge in [-0.25, -0.2) is 4.79 Å². The van der Waals surface area contributed by atoms with E-state index >= 15 is 0 Å². The second-order valence-electron chi connectivity index (χ2n) is 11.4. The van der Waals surface area contributed by atoms with Crippen molar-refractivity contribution >= 4 is 23.8 Å². The highest BCUT2D eigenvalue weighted by Crippen LogP contribution is 2.29. The topological polar surface area (TPSA) is 122 Å². The van der Waals surface area contributed by atoms with Crippen LogP contribution in [0.1, 0.15) is 93.6 Å². The van der Waals surface area contributed by atoms with E-state index in [0.717, 1.165) is 36.8 Å². The van der Waals surface area contributed by atoms with Crippen molar-refractivity contribution in [1.82, 2.24) is 15.1 Å². The van der Waals surface area contributed by atoms with Gasteiger partial charge in [-0.2, -0.15) is 0 Å². The van der Waals surface area contributed by atoms with Gasteiger partial charge in [0.05, 0.1) is 0 Å². The minimum atomic E-state index is -0.651. The summed E-state index contributed by atoms with van der Waals surface area (Å²) in [4.78, 5) is 53.2. The number of ether oxygens (including phenoxy) is 1. The van der Waals surface area contributed by atoms with E-state index in [9.17, 15) is 19.2 Å². The van der Waals surface area contributed by atoms with Crippen molar-refractivity contribution in [2.45, 2.75) is 102 Å². The Balaban J connectivity index is 1.39. The smallest absolute Gasteiger partial charge is 0.410 e. The van der Waals surface area contributed by atoms with Gasteiger partial charge in [-0.05, 0) is 77.0 Å². The van der Waals surface area contributed by atoms with Crippen LogP contribution < -0.4 is 11.1 Å². The molecule has 4 rings (SSSR count). The van der Waals surface area contributed by atoms with Crippen molar-refractivity contribution in [2.75, 3.05) is 6.54 Å². The van der Waals surface area contributed by atoms with Gasteiger partial charge < -0.3 is 20.3 Å². The van der Waals surface area contributed by atoms with E-state index in [2.05, 4.69) is 17.2 Å². The fraction of sp³-hybridized carbons (Fsp3) is 0.586. The summed E-state index contributed by atoms with van der Waals surface area (Å²) < 4.78 is 5.68. The number of nitrogens with two attached hydrogens (primary N) is 1. The van der Waals surface area contributed by atoms with E-state index in [0.29, 0.717) is 37.9 Å². The predicted octanol–water partition coefficient (Wildman–Crippen LogP) is 3.09. The van der Waals surface area contributed by atoms with E-state index in [-0.39, 0.29) is 36.4 Å². The monoisotopic (exact) mass is 522 g/mol. The molecule has 1 unspecified atom stereocenters. The molecule has 9 nitrogen and oxygen atoms in total. The molecule has 1 aromatic carbocycles. The van der Waals surface area contributed by atoms with Gasteiger partial charge in [0, 0.05) is 49.1 Å². The number of benzene rings is 1. The third kappa shape index (κ3) is 6.54. The molecule has 1 saturated heterocycles. The lowest BCUT2D eigenvalue weighted by molar-refractivity contribution is -0.136. The van der Waals surface area contributed by atoms with Gasteiger partial charge in [-0.1, -0.05) is 17.9 Å². The highest BCUT2D eigenvalue weighted by atomic mass is 16.6. The Morgan fingerprint density at radius 1 is 1.16 bits per heavy atom. The second-order valence-corrected chi connectivity index (χ2v) is 11.4. The average molecular weight is 523 g/mol. The molecular formula is C29H38N4O5. The Bertz CT molecular complexity index is 1150. The zero-order valence-electron chi connectivity index (χ0n) is 22.5. The third-order valence-corrected chi connectivity index (χ3v) is 7.32. The first-order valence-corrected chi connectivity index (χ1v) is 13.5. The second kappa shape index (κ2) is 11.6. The number of nitrogens with one attached hydrogen (secondary N) is 1. The molecule has 2 fully saturated rings. The van der Waals surface area contributed by atoms with Crippen molar-refractivity contribution in [3.8, 4) is 11.8 Å². The number of imide groups is 1. The summed E-state index contributed by atoms with van der Waals surface area (Å²) in [6.07, 6.45) is 5.09. The summed E-state index contributed by atoms with van der Waals surface area (Å²) in [5, 5.41) is 2.33. The minimum absolute atomic E-state index is 0.124. The van der Waals surface area contributed by atoms with Crippen LogP contribution in [-0.2, 0) is 20.9 Å². The van der Waals surface area contributed by atoms with Crippen LogP contribution in [-0.4, -0.2) is 63.9 Å². The van der Waals surface area contributed by atoms with E-state index in [1.165, 1.54) is 4.90 Å². The first kappa shape index (κ1) is 27.6. The van der Waals surface area contributed by atoms with Crippen LogP contribution in [0.3, 0.4) is 0 Å². The van der Waals surface area contributed by atoms with Gasteiger partial charge in [0.1, 0.15) is 11.6 Å². The Labute approximate surface area is 224 Å². The summed E-state index contributed by atoms with van der Waals surface area (Å²) in [7, 11) is 0. The van der Waals surface area contributed by atoms with Gasteiger partial charge in [0.25, 0.3) is 5.91 Å². The number of amides is 4. The minimum Gasteiger partial charge on any atom is -0.444 e. The molecule has 0 bridgehead atoms. The molecule has 38 heavy (non-hydrogen) atoms. The molecule has 3 aliphatic rings. The summed E-state index contributed by atoms with van der Waals surface area (Å²) in [6, 6.07) is 5.10. The van der Waals surface area contributed by atoms with Gasteiger partial charge in [-0.3, -0.25) is 19.7 Å². The molecule has 3 N–H and O–H groups in total. The number of nitrogens with zero attached hydrogens (tertiary/aromatic N) is 2. The van der Waals surface area contributed by atoms with E-state index in [1.54, 1.807) is 12.1 Å². The number of rotatable bonds is 5. The molecule has 1 saturated carbocycles. The van der Waals surface area contributed by atoms with Gasteiger partial charge in [0.15, 0.2) is 0 Å². The van der Waals surface area contributed by atoms with Crippen molar-refractivity contribution in [3.05, 3.63) is 34.9 Å². The zero-order valence-corrected chi connectivity index (χ0v) is 22.5. The third-order valence-electron chi connectivity index (χ3n) is 7.32. The fourth-order valence-electron chi connectivity index (χ4n) is 5.36. The number of carbonyl (C=O) groups excluding carboxylic acids is 4. The van der Waals surface area contributed by atoms with Crippen LogP contribution in [0.15, 0.2) is 18.2 Å². The predicted molar refractivity (Wildman–Crippen MR) is 142 cm³/mol. The molecular weight excluding hydrogens is 484 g/mol. The molecule has 1 atom stereocenters. The number of unbranched alkanes of at least 4 members (excludes halogenated alkanes) is 1. The normalized spacial score (nSPS) is 23.3. The lowest BCUT2D eigenvalue weighted by Gasteiger charge is -2.37. The highest BCUT2D eigenvalue weighted by molar-refractivity contribution is 6.05. The number of piperidine rings is 1. The first-order chi connectivity index (χ1) is 18.0. The van der Waals surface area contributed by atoms with E-state index in [1.807, 2.05) is 31.7 Å². The summed E-state index contributed by atoms with van der Waals surface area (Å²) in [6.45, 7) is 6.46. The molecule has 9 heteroatoms. The Morgan fingerprint density at radius 2 is 1.89 bits per heavy atom. The van der Waals surface area contributed by atoms with E-state index < -0.39 is 17.6 Å². The van der Waals surface area contributed by atoms with Gasteiger partial charge in [0.2, 0.25) is 11.8 Å². The molecule has 1 aromatic rings. The first-order valence-electron chi connectivity index (χ1n) is 13.5. The molecule has 1 aliphatic carbocycles. The number of hydrogen-bond donors (Lipinski definition) is 2. The lowest BCUT2D eigenvalue weighted by atomic mass is 9.91. The van der Waals surface area contributed by atoms with Crippen LogP contribution in [0.4, 0.5) is 4.79 Å². The van der Waals surface area contributed by atoms with Crippen LogP contribution in [0.2, 0.25) is 0 Å². The standard InChI is InChI=1S/C29H38N4O5/c1-29(2,3)38-28(37)32(21-13-11-20(30)12-14-21)17-6-4-5-8-19-9-7-10-22-23(19)18-33(27(22)36)24-15-16-25(34)31-26(24)35/h7,9-10,20-21,24H,4,6,11-18,30H2,1-3H3,(H,31,34,35). The van der Waals surface area contributed by atoms with Crippen molar-refractivity contribution in [2.24, 2.45) is 5.73 Å². The summed E-state index contributed by atoms with van der Waals surface area (Å²) in [5.41, 5.74) is 7.63. The molecule has 0 spiro atoms. The number of hydrogen-bond acceptors (Lipinski definition) is 6. The quantitative estimate of drug-likeness (QED) is 0.348. The van der Waals surface area contributed by atoms with Gasteiger partial charge >= 0.3 is 6.09 Å². The maximum atomic E-state index is 13.0. The lowest BCUT2D eigenvalue weighted by Crippen LogP contribution is -2.52. The van der Waals surface area contributed by atoms with Crippen LogP contribution >= 0.6 is 0 Å². The Kier molecular flexibility index (Phi) is 8.41. The molecule has 4 amide bonds.